The molecule has 0 aliphatic heterocycles. The molecule has 0 fully saturated rings. The van der Waals surface area contributed by atoms with Crippen LogP contribution in [0.1, 0.15) is 23.1 Å². The minimum atomic E-state index is 0.929. The van der Waals surface area contributed by atoms with Crippen molar-refractivity contribution in [2.75, 3.05) is 7.11 Å². The van der Waals surface area contributed by atoms with E-state index in [0.717, 1.165) is 24.2 Å². The quantitative estimate of drug-likeness (QED) is 0.806. The second kappa shape index (κ2) is 4.61. The van der Waals surface area contributed by atoms with Gasteiger partial charge in [0.2, 0.25) is 0 Å². The molecule has 3 nitrogen and oxygen atoms in total. The zero-order valence-corrected chi connectivity index (χ0v) is 10.3. The second-order valence-corrected chi connectivity index (χ2v) is 4.36. The molecular formula is C15H14N2O. The fraction of sp³-hybridized carbons (Fsp3) is 0.200. The lowest BCUT2D eigenvalue weighted by Crippen LogP contribution is -1.86. The highest BCUT2D eigenvalue weighted by Gasteiger charge is 2.16. The molecule has 0 bridgehead atoms. The molecule has 1 heterocycles. The Hall–Kier alpha value is -2.16. The maximum absolute atomic E-state index is 5.25. The molecule has 0 saturated carbocycles. The van der Waals surface area contributed by atoms with Gasteiger partial charge in [-0.3, -0.25) is 0 Å². The molecule has 0 spiro atoms. The third-order valence-electron chi connectivity index (χ3n) is 3.24. The largest absolute Gasteiger partial charge is 0.497 e. The molecule has 0 atom stereocenters. The first-order valence-corrected chi connectivity index (χ1v) is 6.00. The van der Waals surface area contributed by atoms with Crippen LogP contribution in [0, 0.1) is 0 Å². The molecule has 1 aromatic carbocycles. The van der Waals surface area contributed by atoms with Gasteiger partial charge in [0.1, 0.15) is 12.1 Å². The zero-order valence-electron chi connectivity index (χ0n) is 10.3. The van der Waals surface area contributed by atoms with Crippen molar-refractivity contribution in [2.45, 2.75) is 12.8 Å². The van der Waals surface area contributed by atoms with E-state index in [-0.39, 0.29) is 0 Å². The van der Waals surface area contributed by atoms with Gasteiger partial charge in [-0.15, -0.1) is 0 Å². The summed E-state index contributed by atoms with van der Waals surface area (Å²) in [5.41, 5.74) is 5.08. The highest BCUT2D eigenvalue weighted by Crippen LogP contribution is 2.35. The number of fused-ring (bicyclic) bond motifs is 1. The van der Waals surface area contributed by atoms with E-state index in [0.29, 0.717) is 0 Å². The number of allylic oxidation sites excluding steroid dienone is 1. The summed E-state index contributed by atoms with van der Waals surface area (Å²) in [4.78, 5) is 8.07. The van der Waals surface area contributed by atoms with Crippen LogP contribution in [0.15, 0.2) is 36.9 Å². The summed E-state index contributed by atoms with van der Waals surface area (Å²) in [6.45, 7) is 0. The second-order valence-electron chi connectivity index (χ2n) is 4.36. The summed E-state index contributed by atoms with van der Waals surface area (Å²) in [6, 6.07) is 6.27. The number of benzene rings is 1. The smallest absolute Gasteiger partial charge is 0.119 e. The van der Waals surface area contributed by atoms with Crippen LogP contribution < -0.4 is 4.74 Å². The van der Waals surface area contributed by atoms with Crippen molar-refractivity contribution in [3.63, 3.8) is 0 Å². The van der Waals surface area contributed by atoms with Gasteiger partial charge in [0.05, 0.1) is 7.11 Å². The number of hydrogen-bond acceptors (Lipinski definition) is 3. The summed E-state index contributed by atoms with van der Waals surface area (Å²) >= 11 is 0. The van der Waals surface area contributed by atoms with Gasteiger partial charge in [-0.2, -0.15) is 0 Å². The number of methoxy groups -OCH3 is 1. The topological polar surface area (TPSA) is 35.0 Å². The maximum Gasteiger partial charge on any atom is 0.119 e. The highest BCUT2D eigenvalue weighted by molar-refractivity contribution is 5.85. The molecule has 1 aromatic heterocycles. The first-order valence-electron chi connectivity index (χ1n) is 6.00. The predicted molar refractivity (Wildman–Crippen MR) is 71.2 cm³/mol. The number of hydrogen-bond donors (Lipinski definition) is 0. The maximum atomic E-state index is 5.25. The van der Waals surface area contributed by atoms with E-state index in [1.807, 2.05) is 18.5 Å². The van der Waals surface area contributed by atoms with Gasteiger partial charge in [0, 0.05) is 18.0 Å². The average Bonchev–Trinajstić information content (AvgIpc) is 2.82. The predicted octanol–water partition coefficient (Wildman–Crippen LogP) is 2.97. The van der Waals surface area contributed by atoms with Crippen LogP contribution in [0.25, 0.3) is 11.6 Å². The van der Waals surface area contributed by atoms with Crippen LogP contribution in [0.2, 0.25) is 0 Å². The van der Waals surface area contributed by atoms with Crippen molar-refractivity contribution in [1.29, 1.82) is 0 Å². The average molecular weight is 238 g/mol. The first kappa shape index (κ1) is 11.0. The van der Waals surface area contributed by atoms with E-state index in [4.69, 9.17) is 4.74 Å². The van der Waals surface area contributed by atoms with Gasteiger partial charge in [-0.05, 0) is 47.8 Å². The number of rotatable bonds is 2. The molecule has 0 radical (unpaired) electrons. The third-order valence-corrected chi connectivity index (χ3v) is 3.24. The van der Waals surface area contributed by atoms with Crippen molar-refractivity contribution >= 4 is 11.6 Å². The van der Waals surface area contributed by atoms with E-state index in [9.17, 15) is 0 Å². The number of ether oxygens (including phenoxy) is 1. The Morgan fingerprint density at radius 1 is 1.17 bits per heavy atom. The summed E-state index contributed by atoms with van der Waals surface area (Å²) in [6.07, 6.45) is 9.53. The molecule has 0 N–H and O–H groups in total. The van der Waals surface area contributed by atoms with E-state index in [2.05, 4.69) is 28.2 Å². The molecule has 90 valence electrons. The molecule has 1 aliphatic rings. The Labute approximate surface area is 106 Å². The van der Waals surface area contributed by atoms with Gasteiger partial charge in [-0.1, -0.05) is 6.07 Å². The molecule has 0 amide bonds. The van der Waals surface area contributed by atoms with Crippen LogP contribution in [-0.2, 0) is 6.42 Å². The molecule has 2 aromatic rings. The fourth-order valence-electron chi connectivity index (χ4n) is 2.36. The summed E-state index contributed by atoms with van der Waals surface area (Å²) in [7, 11) is 1.70. The molecule has 0 unspecified atom stereocenters. The van der Waals surface area contributed by atoms with E-state index >= 15 is 0 Å². The lowest BCUT2D eigenvalue weighted by atomic mass is 10.1. The SMILES string of the molecule is COc1ccc2c(c1)CC/C2=C/c1cncnc1. The number of aryl methyl sites for hydroxylation is 1. The van der Waals surface area contributed by atoms with Crippen LogP contribution >= 0.6 is 0 Å². The fourth-order valence-corrected chi connectivity index (χ4v) is 2.36. The Balaban J connectivity index is 1.98. The molecule has 0 saturated heterocycles. The van der Waals surface area contributed by atoms with Crippen molar-refractivity contribution < 1.29 is 4.74 Å². The van der Waals surface area contributed by atoms with Gasteiger partial charge in [-0.25, -0.2) is 9.97 Å². The van der Waals surface area contributed by atoms with E-state index in [1.165, 1.54) is 16.7 Å². The minimum absolute atomic E-state index is 0.929. The van der Waals surface area contributed by atoms with Crippen LogP contribution in [0.4, 0.5) is 0 Å². The van der Waals surface area contributed by atoms with Crippen molar-refractivity contribution in [3.05, 3.63) is 53.6 Å². The van der Waals surface area contributed by atoms with Crippen LogP contribution in [0.5, 0.6) is 5.75 Å². The lowest BCUT2D eigenvalue weighted by Gasteiger charge is -2.04. The summed E-state index contributed by atoms with van der Waals surface area (Å²) in [5, 5.41) is 0. The molecule has 3 rings (SSSR count). The van der Waals surface area contributed by atoms with E-state index < -0.39 is 0 Å². The van der Waals surface area contributed by atoms with Gasteiger partial charge >= 0.3 is 0 Å². The molecule has 1 aliphatic carbocycles. The highest BCUT2D eigenvalue weighted by atomic mass is 16.5. The summed E-state index contributed by atoms with van der Waals surface area (Å²) in [5.74, 6) is 0.929. The Morgan fingerprint density at radius 3 is 2.78 bits per heavy atom. The number of aromatic nitrogens is 2. The van der Waals surface area contributed by atoms with Gasteiger partial charge in [0.25, 0.3) is 0 Å². The molecule has 3 heteroatoms. The summed E-state index contributed by atoms with van der Waals surface area (Å²) < 4.78 is 5.25. The normalized spacial score (nSPS) is 15.7. The van der Waals surface area contributed by atoms with Crippen molar-refractivity contribution in [2.24, 2.45) is 0 Å². The molecular weight excluding hydrogens is 224 g/mol. The standard InChI is InChI=1S/C15H14N2O/c1-18-14-4-5-15-12(2-3-13(15)7-14)6-11-8-16-10-17-9-11/h4-10H,2-3H2,1H3/b12-6-. The van der Waals surface area contributed by atoms with E-state index in [1.54, 1.807) is 13.4 Å². The van der Waals surface area contributed by atoms with Crippen LogP contribution in [0.3, 0.4) is 0 Å². The monoisotopic (exact) mass is 238 g/mol. The Kier molecular flexibility index (Phi) is 2.81. The number of nitrogens with zero attached hydrogens (tertiary/aromatic N) is 2. The third kappa shape index (κ3) is 1.99. The Bertz CT molecular complexity index is 591. The lowest BCUT2D eigenvalue weighted by molar-refractivity contribution is 0.414. The first-order chi connectivity index (χ1) is 8.86. The minimum Gasteiger partial charge on any atom is -0.497 e. The van der Waals surface area contributed by atoms with Crippen molar-refractivity contribution in [1.82, 2.24) is 9.97 Å². The molecule has 18 heavy (non-hydrogen) atoms. The zero-order chi connectivity index (χ0) is 12.4. The van der Waals surface area contributed by atoms with Gasteiger partial charge < -0.3 is 4.74 Å². The van der Waals surface area contributed by atoms with Crippen LogP contribution in [-0.4, -0.2) is 17.1 Å². The van der Waals surface area contributed by atoms with Gasteiger partial charge in [0.15, 0.2) is 0 Å². The van der Waals surface area contributed by atoms with Crippen molar-refractivity contribution in [3.8, 4) is 5.75 Å². The Morgan fingerprint density at radius 2 is 2.00 bits per heavy atom.